The predicted octanol–water partition coefficient (Wildman–Crippen LogP) is 3.95. The third kappa shape index (κ3) is 2.23. The zero-order chi connectivity index (χ0) is 13.5. The standard InChI is InChI=1S/C15H19ClN2/c1-9-12(16)6-5-11-10(8-17)7-13(15(2,3)4)18-14(9)11/h5-7H,8,17H2,1-4H3. The van der Waals surface area contributed by atoms with Crippen LogP contribution in [0.3, 0.4) is 0 Å². The van der Waals surface area contributed by atoms with E-state index in [2.05, 4.69) is 26.8 Å². The van der Waals surface area contributed by atoms with E-state index in [1.165, 1.54) is 0 Å². The maximum atomic E-state index is 6.18. The topological polar surface area (TPSA) is 38.9 Å². The van der Waals surface area contributed by atoms with Gasteiger partial charge < -0.3 is 5.73 Å². The van der Waals surface area contributed by atoms with Crippen LogP contribution in [0.4, 0.5) is 0 Å². The predicted molar refractivity (Wildman–Crippen MR) is 78.1 cm³/mol. The fourth-order valence-corrected chi connectivity index (χ4v) is 2.18. The fraction of sp³-hybridized carbons (Fsp3) is 0.400. The SMILES string of the molecule is Cc1c(Cl)ccc2c(CN)cc(C(C)(C)C)nc12. The van der Waals surface area contributed by atoms with E-state index in [4.69, 9.17) is 22.3 Å². The summed E-state index contributed by atoms with van der Waals surface area (Å²) in [6.45, 7) is 8.98. The summed E-state index contributed by atoms with van der Waals surface area (Å²) in [4.78, 5) is 4.78. The van der Waals surface area contributed by atoms with Crippen molar-refractivity contribution in [3.63, 3.8) is 0 Å². The highest BCUT2D eigenvalue weighted by Gasteiger charge is 2.18. The number of aryl methyl sites for hydroxylation is 1. The minimum absolute atomic E-state index is 0.00681. The first-order chi connectivity index (χ1) is 8.34. The summed E-state index contributed by atoms with van der Waals surface area (Å²) in [6.07, 6.45) is 0. The number of hydrogen-bond acceptors (Lipinski definition) is 2. The van der Waals surface area contributed by atoms with Crippen LogP contribution in [0, 0.1) is 6.92 Å². The van der Waals surface area contributed by atoms with Crippen molar-refractivity contribution in [1.29, 1.82) is 0 Å². The van der Waals surface area contributed by atoms with Crippen LogP contribution in [0.2, 0.25) is 5.02 Å². The Hall–Kier alpha value is -1.12. The zero-order valence-corrected chi connectivity index (χ0v) is 12.1. The monoisotopic (exact) mass is 262 g/mol. The van der Waals surface area contributed by atoms with Crippen LogP contribution >= 0.6 is 11.6 Å². The summed E-state index contributed by atoms with van der Waals surface area (Å²) in [5.74, 6) is 0. The van der Waals surface area contributed by atoms with Crippen LogP contribution in [0.25, 0.3) is 10.9 Å². The molecule has 3 heteroatoms. The van der Waals surface area contributed by atoms with Gasteiger partial charge in [0.15, 0.2) is 0 Å². The van der Waals surface area contributed by atoms with E-state index < -0.39 is 0 Å². The second kappa shape index (κ2) is 4.52. The van der Waals surface area contributed by atoms with Gasteiger partial charge in [0, 0.05) is 28.1 Å². The Balaban J connectivity index is 2.85. The number of hydrogen-bond donors (Lipinski definition) is 1. The molecule has 1 aromatic carbocycles. The van der Waals surface area contributed by atoms with Gasteiger partial charge in [-0.3, -0.25) is 4.98 Å². The van der Waals surface area contributed by atoms with Crippen molar-refractivity contribution in [2.45, 2.75) is 39.7 Å². The Labute approximate surface area is 113 Å². The zero-order valence-electron chi connectivity index (χ0n) is 11.3. The van der Waals surface area contributed by atoms with Gasteiger partial charge >= 0.3 is 0 Å². The van der Waals surface area contributed by atoms with Crippen LogP contribution < -0.4 is 5.73 Å². The molecule has 0 aliphatic rings. The van der Waals surface area contributed by atoms with E-state index in [0.717, 1.165) is 32.7 Å². The molecule has 2 N–H and O–H groups in total. The van der Waals surface area contributed by atoms with E-state index in [0.29, 0.717) is 6.54 Å². The van der Waals surface area contributed by atoms with Gasteiger partial charge in [-0.2, -0.15) is 0 Å². The van der Waals surface area contributed by atoms with E-state index in [9.17, 15) is 0 Å². The molecule has 0 amide bonds. The molecule has 0 spiro atoms. The van der Waals surface area contributed by atoms with Crippen molar-refractivity contribution < 1.29 is 0 Å². The van der Waals surface area contributed by atoms with Crippen molar-refractivity contribution in [3.8, 4) is 0 Å². The molecule has 0 saturated carbocycles. The van der Waals surface area contributed by atoms with Crippen LogP contribution in [-0.2, 0) is 12.0 Å². The summed E-state index contributed by atoms with van der Waals surface area (Å²) in [6, 6.07) is 6.03. The summed E-state index contributed by atoms with van der Waals surface area (Å²) in [5, 5.41) is 1.86. The Bertz CT molecular complexity index is 597. The van der Waals surface area contributed by atoms with Crippen LogP contribution in [0.1, 0.15) is 37.6 Å². The molecule has 2 rings (SSSR count). The number of nitrogens with zero attached hydrogens (tertiary/aromatic N) is 1. The molecule has 2 nitrogen and oxygen atoms in total. The molecule has 0 aliphatic carbocycles. The van der Waals surface area contributed by atoms with E-state index >= 15 is 0 Å². The third-order valence-electron chi connectivity index (χ3n) is 3.24. The molecule has 0 unspecified atom stereocenters. The summed E-state index contributed by atoms with van der Waals surface area (Å²) in [5.41, 5.74) is 10.0. The molecule has 18 heavy (non-hydrogen) atoms. The quantitative estimate of drug-likeness (QED) is 0.845. The van der Waals surface area contributed by atoms with E-state index in [1.54, 1.807) is 0 Å². The van der Waals surface area contributed by atoms with Gasteiger partial charge in [-0.25, -0.2) is 0 Å². The molecule has 0 bridgehead atoms. The lowest BCUT2D eigenvalue weighted by Crippen LogP contribution is -2.15. The number of aromatic nitrogens is 1. The average Bonchev–Trinajstić information content (AvgIpc) is 2.31. The smallest absolute Gasteiger partial charge is 0.0752 e. The first-order valence-corrected chi connectivity index (χ1v) is 6.51. The molecular weight excluding hydrogens is 244 g/mol. The van der Waals surface area contributed by atoms with Crippen molar-refractivity contribution in [2.75, 3.05) is 0 Å². The number of pyridine rings is 1. The minimum atomic E-state index is 0.00681. The lowest BCUT2D eigenvalue weighted by atomic mass is 9.89. The third-order valence-corrected chi connectivity index (χ3v) is 3.65. The highest BCUT2D eigenvalue weighted by Crippen LogP contribution is 2.30. The Morgan fingerprint density at radius 2 is 1.94 bits per heavy atom. The number of halogens is 1. The average molecular weight is 263 g/mol. The first kappa shape index (κ1) is 13.3. The molecule has 0 radical (unpaired) electrons. The lowest BCUT2D eigenvalue weighted by molar-refractivity contribution is 0.570. The van der Waals surface area contributed by atoms with E-state index in [-0.39, 0.29) is 5.41 Å². The normalized spacial score (nSPS) is 12.1. The molecule has 0 fully saturated rings. The van der Waals surface area contributed by atoms with Gasteiger partial charge in [-0.1, -0.05) is 38.4 Å². The number of nitrogens with two attached hydrogens (primary N) is 1. The minimum Gasteiger partial charge on any atom is -0.326 e. The van der Waals surface area contributed by atoms with E-state index in [1.807, 2.05) is 19.1 Å². The summed E-state index contributed by atoms with van der Waals surface area (Å²) in [7, 11) is 0. The highest BCUT2D eigenvalue weighted by atomic mass is 35.5. The molecular formula is C15H19ClN2. The van der Waals surface area contributed by atoms with Gasteiger partial charge in [0.2, 0.25) is 0 Å². The number of fused-ring (bicyclic) bond motifs is 1. The molecule has 2 aromatic rings. The van der Waals surface area contributed by atoms with Gasteiger partial charge in [-0.05, 0) is 30.2 Å². The lowest BCUT2D eigenvalue weighted by Gasteiger charge is -2.20. The largest absolute Gasteiger partial charge is 0.326 e. The molecule has 96 valence electrons. The summed E-state index contributed by atoms with van der Waals surface area (Å²) < 4.78 is 0. The van der Waals surface area contributed by atoms with Gasteiger partial charge in [0.25, 0.3) is 0 Å². The Morgan fingerprint density at radius 1 is 1.28 bits per heavy atom. The highest BCUT2D eigenvalue weighted by molar-refractivity contribution is 6.32. The number of rotatable bonds is 1. The van der Waals surface area contributed by atoms with Gasteiger partial charge in [-0.15, -0.1) is 0 Å². The molecule has 0 atom stereocenters. The second-order valence-corrected chi connectivity index (χ2v) is 6.10. The molecule has 0 aliphatic heterocycles. The van der Waals surface area contributed by atoms with Gasteiger partial charge in [0.1, 0.15) is 0 Å². The number of benzene rings is 1. The van der Waals surface area contributed by atoms with Crippen molar-refractivity contribution in [3.05, 3.63) is 40.0 Å². The van der Waals surface area contributed by atoms with Gasteiger partial charge in [0.05, 0.1) is 5.52 Å². The first-order valence-electron chi connectivity index (χ1n) is 6.14. The second-order valence-electron chi connectivity index (χ2n) is 5.69. The molecule has 1 aromatic heterocycles. The Kier molecular flexibility index (Phi) is 3.35. The van der Waals surface area contributed by atoms with Crippen LogP contribution in [-0.4, -0.2) is 4.98 Å². The van der Waals surface area contributed by atoms with Crippen molar-refractivity contribution in [1.82, 2.24) is 4.98 Å². The molecule has 0 saturated heterocycles. The fourth-order valence-electron chi connectivity index (χ4n) is 2.03. The van der Waals surface area contributed by atoms with Crippen LogP contribution in [0.5, 0.6) is 0 Å². The molecule has 1 heterocycles. The maximum Gasteiger partial charge on any atom is 0.0752 e. The van der Waals surface area contributed by atoms with Crippen LogP contribution in [0.15, 0.2) is 18.2 Å². The summed E-state index contributed by atoms with van der Waals surface area (Å²) >= 11 is 6.18. The van der Waals surface area contributed by atoms with Crippen molar-refractivity contribution in [2.24, 2.45) is 5.73 Å². The Morgan fingerprint density at radius 3 is 2.50 bits per heavy atom. The van der Waals surface area contributed by atoms with Crippen molar-refractivity contribution >= 4 is 22.5 Å². The maximum absolute atomic E-state index is 6.18.